The van der Waals surface area contributed by atoms with E-state index in [1.165, 1.54) is 19.3 Å². The van der Waals surface area contributed by atoms with Crippen LogP contribution in [0.25, 0.3) is 0 Å². The summed E-state index contributed by atoms with van der Waals surface area (Å²) >= 11 is 0. The van der Waals surface area contributed by atoms with Gasteiger partial charge in [-0.25, -0.2) is 0 Å². The number of rotatable bonds is 10. The second-order valence-corrected chi connectivity index (χ2v) is 5.28. The molecular weight excluding hydrogens is 198 g/mol. The van der Waals surface area contributed by atoms with Gasteiger partial charge in [-0.05, 0) is 31.2 Å². The van der Waals surface area contributed by atoms with Crippen LogP contribution in [0.5, 0.6) is 0 Å². The van der Waals surface area contributed by atoms with E-state index < -0.39 is 0 Å². The molecule has 16 heavy (non-hydrogen) atoms. The zero-order valence-electron chi connectivity index (χ0n) is 11.3. The highest BCUT2D eigenvalue weighted by atomic mass is 16.1. The largest absolute Gasteiger partial charge is 0.330 e. The summed E-state index contributed by atoms with van der Waals surface area (Å²) in [5, 5.41) is 0. The van der Waals surface area contributed by atoms with Gasteiger partial charge in [0.05, 0.1) is 0 Å². The van der Waals surface area contributed by atoms with Crippen LogP contribution in [0.4, 0.5) is 0 Å². The number of Topliss-reactive ketones (excluding diaryl/α,β-unsaturated/α-hetero) is 1. The molecular formula is C14H29NO. The maximum absolute atomic E-state index is 11.7. The normalized spacial score (nSPS) is 13.1. The third-order valence-electron chi connectivity index (χ3n) is 2.96. The van der Waals surface area contributed by atoms with Crippen molar-refractivity contribution in [3.8, 4) is 0 Å². The van der Waals surface area contributed by atoms with E-state index in [9.17, 15) is 4.79 Å². The quantitative estimate of drug-likeness (QED) is 0.580. The number of carbonyl (C=O) groups excluding carboxylic acids is 1. The van der Waals surface area contributed by atoms with E-state index in [1.54, 1.807) is 0 Å². The zero-order chi connectivity index (χ0) is 12.4. The second-order valence-electron chi connectivity index (χ2n) is 5.28. The molecule has 1 unspecified atom stereocenters. The first-order chi connectivity index (χ1) is 7.60. The second kappa shape index (κ2) is 9.83. The van der Waals surface area contributed by atoms with Gasteiger partial charge in [0.2, 0.25) is 0 Å². The fourth-order valence-electron chi connectivity index (χ4n) is 2.10. The molecule has 0 aliphatic heterocycles. The number of hydrogen-bond donors (Lipinski definition) is 1. The van der Waals surface area contributed by atoms with Crippen LogP contribution in [-0.4, -0.2) is 12.3 Å². The molecule has 0 aromatic carbocycles. The molecule has 0 saturated carbocycles. The molecule has 0 saturated heterocycles. The van der Waals surface area contributed by atoms with Crippen LogP contribution < -0.4 is 5.73 Å². The Hall–Kier alpha value is -0.370. The van der Waals surface area contributed by atoms with Gasteiger partial charge in [-0.1, -0.05) is 40.0 Å². The first-order valence-electron chi connectivity index (χ1n) is 6.81. The van der Waals surface area contributed by atoms with Crippen molar-refractivity contribution < 1.29 is 4.79 Å². The Morgan fingerprint density at radius 2 is 1.88 bits per heavy atom. The van der Waals surface area contributed by atoms with Gasteiger partial charge >= 0.3 is 0 Å². The fraction of sp³-hybridized carbons (Fsp3) is 0.929. The van der Waals surface area contributed by atoms with Crippen LogP contribution in [0.2, 0.25) is 0 Å². The number of nitrogens with two attached hydrogens (primary N) is 1. The average Bonchev–Trinajstić information content (AvgIpc) is 2.23. The van der Waals surface area contributed by atoms with Crippen molar-refractivity contribution >= 4 is 5.78 Å². The number of unbranched alkanes of at least 4 members (excludes halogenated alkanes) is 3. The smallest absolute Gasteiger partial charge is 0.133 e. The first kappa shape index (κ1) is 15.6. The molecule has 0 fully saturated rings. The average molecular weight is 227 g/mol. The van der Waals surface area contributed by atoms with Gasteiger partial charge in [0.15, 0.2) is 0 Å². The Balaban J connectivity index is 3.66. The van der Waals surface area contributed by atoms with E-state index in [4.69, 9.17) is 5.73 Å². The third-order valence-corrected chi connectivity index (χ3v) is 2.96. The molecule has 96 valence electrons. The van der Waals surface area contributed by atoms with Crippen molar-refractivity contribution in [1.82, 2.24) is 0 Å². The maximum Gasteiger partial charge on any atom is 0.133 e. The molecule has 0 rings (SSSR count). The van der Waals surface area contributed by atoms with Crippen LogP contribution in [0.3, 0.4) is 0 Å². The zero-order valence-corrected chi connectivity index (χ0v) is 11.3. The Morgan fingerprint density at radius 3 is 2.38 bits per heavy atom. The maximum atomic E-state index is 11.7. The van der Waals surface area contributed by atoms with Crippen molar-refractivity contribution in [2.45, 2.75) is 65.7 Å². The molecule has 0 aromatic rings. The molecule has 0 aromatic heterocycles. The number of carbonyl (C=O) groups is 1. The van der Waals surface area contributed by atoms with E-state index >= 15 is 0 Å². The molecule has 0 bridgehead atoms. The van der Waals surface area contributed by atoms with E-state index in [-0.39, 0.29) is 0 Å². The minimum Gasteiger partial charge on any atom is -0.330 e. The van der Waals surface area contributed by atoms with Gasteiger partial charge in [-0.15, -0.1) is 0 Å². The van der Waals surface area contributed by atoms with Crippen LogP contribution in [0, 0.1) is 11.8 Å². The molecule has 2 N–H and O–H groups in total. The van der Waals surface area contributed by atoms with Crippen molar-refractivity contribution in [2.24, 2.45) is 17.6 Å². The van der Waals surface area contributed by atoms with Gasteiger partial charge in [0.1, 0.15) is 5.78 Å². The molecule has 1 atom stereocenters. The van der Waals surface area contributed by atoms with E-state index in [1.807, 2.05) is 0 Å². The van der Waals surface area contributed by atoms with E-state index in [0.29, 0.717) is 30.6 Å². The number of ketones is 1. The lowest BCUT2D eigenvalue weighted by Gasteiger charge is -2.15. The first-order valence-corrected chi connectivity index (χ1v) is 6.81. The van der Waals surface area contributed by atoms with Gasteiger partial charge < -0.3 is 5.73 Å². The molecule has 0 spiro atoms. The standard InChI is InChI=1S/C14H29NO/c1-4-5-6-7-8-14(16)10-13(11-15)9-12(2)3/h12-13H,4-11,15H2,1-3H3. The van der Waals surface area contributed by atoms with Crippen molar-refractivity contribution in [3.05, 3.63) is 0 Å². The van der Waals surface area contributed by atoms with Gasteiger partial charge in [0, 0.05) is 12.8 Å². The Morgan fingerprint density at radius 1 is 1.19 bits per heavy atom. The minimum atomic E-state index is 0.402. The highest BCUT2D eigenvalue weighted by Crippen LogP contribution is 2.16. The summed E-state index contributed by atoms with van der Waals surface area (Å²) in [6, 6.07) is 0. The summed E-state index contributed by atoms with van der Waals surface area (Å²) in [4.78, 5) is 11.7. The predicted octanol–water partition coefficient (Wildman–Crippen LogP) is 3.54. The Kier molecular flexibility index (Phi) is 9.60. The monoisotopic (exact) mass is 227 g/mol. The molecule has 0 heterocycles. The van der Waals surface area contributed by atoms with Gasteiger partial charge in [-0.2, -0.15) is 0 Å². The van der Waals surface area contributed by atoms with Gasteiger partial charge in [-0.3, -0.25) is 4.79 Å². The fourth-order valence-corrected chi connectivity index (χ4v) is 2.10. The topological polar surface area (TPSA) is 43.1 Å². The molecule has 2 heteroatoms. The summed E-state index contributed by atoms with van der Waals surface area (Å²) < 4.78 is 0. The van der Waals surface area contributed by atoms with E-state index in [0.717, 1.165) is 19.3 Å². The highest BCUT2D eigenvalue weighted by Gasteiger charge is 2.13. The lowest BCUT2D eigenvalue weighted by molar-refractivity contribution is -0.120. The summed E-state index contributed by atoms with van der Waals surface area (Å²) in [6.07, 6.45) is 7.27. The summed E-state index contributed by atoms with van der Waals surface area (Å²) in [5.74, 6) is 1.45. The molecule has 0 aliphatic rings. The summed E-state index contributed by atoms with van der Waals surface area (Å²) in [7, 11) is 0. The number of hydrogen-bond acceptors (Lipinski definition) is 2. The van der Waals surface area contributed by atoms with E-state index in [2.05, 4.69) is 20.8 Å². The van der Waals surface area contributed by atoms with Gasteiger partial charge in [0.25, 0.3) is 0 Å². The molecule has 0 amide bonds. The minimum absolute atomic E-state index is 0.402. The van der Waals surface area contributed by atoms with Crippen LogP contribution in [-0.2, 0) is 4.79 Å². The molecule has 0 radical (unpaired) electrons. The Labute approximate surface area is 101 Å². The Bertz CT molecular complexity index is 178. The molecule has 2 nitrogen and oxygen atoms in total. The van der Waals surface area contributed by atoms with Crippen LogP contribution >= 0.6 is 0 Å². The molecule has 0 aliphatic carbocycles. The van der Waals surface area contributed by atoms with Crippen LogP contribution in [0.15, 0.2) is 0 Å². The van der Waals surface area contributed by atoms with Crippen LogP contribution in [0.1, 0.15) is 65.7 Å². The predicted molar refractivity (Wildman–Crippen MR) is 70.4 cm³/mol. The third kappa shape index (κ3) is 8.90. The lowest BCUT2D eigenvalue weighted by atomic mass is 9.91. The summed E-state index contributed by atoms with van der Waals surface area (Å²) in [6.45, 7) is 7.22. The van der Waals surface area contributed by atoms with Crippen molar-refractivity contribution in [3.63, 3.8) is 0 Å². The SMILES string of the molecule is CCCCCCC(=O)CC(CN)CC(C)C. The lowest BCUT2D eigenvalue weighted by Crippen LogP contribution is -2.20. The van der Waals surface area contributed by atoms with Crippen molar-refractivity contribution in [1.29, 1.82) is 0 Å². The highest BCUT2D eigenvalue weighted by molar-refractivity contribution is 5.78. The summed E-state index contributed by atoms with van der Waals surface area (Å²) in [5.41, 5.74) is 5.69. The van der Waals surface area contributed by atoms with Crippen molar-refractivity contribution in [2.75, 3.05) is 6.54 Å².